The molecule has 0 bridgehead atoms. The molecule has 7 nitrogen and oxygen atoms in total. The molecule has 0 atom stereocenters. The number of rotatable bonds is 5. The van der Waals surface area contributed by atoms with Gasteiger partial charge in [-0.15, -0.1) is 0 Å². The molecule has 2 aliphatic heterocycles. The van der Waals surface area contributed by atoms with Crippen molar-refractivity contribution in [3.63, 3.8) is 0 Å². The van der Waals surface area contributed by atoms with Gasteiger partial charge >= 0.3 is 0 Å². The van der Waals surface area contributed by atoms with Gasteiger partial charge in [0.1, 0.15) is 22.7 Å². The molecule has 0 aliphatic carbocycles. The van der Waals surface area contributed by atoms with Crippen LogP contribution in [0.25, 0.3) is 16.6 Å². The van der Waals surface area contributed by atoms with E-state index < -0.39 is 0 Å². The number of benzene rings is 1. The molecule has 2 aromatic heterocycles. The summed E-state index contributed by atoms with van der Waals surface area (Å²) in [6.45, 7) is 8.80. The van der Waals surface area contributed by atoms with Gasteiger partial charge in [-0.25, -0.2) is 4.98 Å². The topological polar surface area (TPSA) is 59.8 Å². The van der Waals surface area contributed by atoms with Crippen LogP contribution in [-0.2, 0) is 4.74 Å². The molecule has 2 aliphatic rings. The smallest absolute Gasteiger partial charge is 0.271 e. The molecule has 5 rings (SSSR count). The number of amides is 1. The molecule has 0 radical (unpaired) electrons. The zero-order valence-corrected chi connectivity index (χ0v) is 22.4. The number of likely N-dealkylation sites (tertiary alicyclic amines) is 1. The minimum atomic E-state index is -0.0305. The van der Waals surface area contributed by atoms with Gasteiger partial charge in [-0.05, 0) is 73.0 Å². The van der Waals surface area contributed by atoms with Gasteiger partial charge in [0.25, 0.3) is 5.91 Å². The summed E-state index contributed by atoms with van der Waals surface area (Å²) >= 11 is 9.94. The van der Waals surface area contributed by atoms with Crippen LogP contribution in [0.3, 0.4) is 0 Å². The number of pyridine rings is 1. The molecule has 1 aromatic carbocycles. The van der Waals surface area contributed by atoms with Crippen molar-refractivity contribution in [2.24, 2.45) is 0 Å². The summed E-state index contributed by atoms with van der Waals surface area (Å²) in [6.07, 6.45) is 3.83. The Balaban J connectivity index is 1.51. The van der Waals surface area contributed by atoms with Crippen LogP contribution in [0.1, 0.15) is 37.2 Å². The Hall–Kier alpha value is -2.13. The first kappa shape index (κ1) is 24.6. The van der Waals surface area contributed by atoms with Crippen molar-refractivity contribution in [1.82, 2.24) is 19.4 Å². The monoisotopic (exact) mass is 560 g/mol. The molecule has 1 amide bonds. The number of hydrogen-bond acceptors (Lipinski definition) is 5. The molecule has 3 aromatic rings. The molecule has 2 saturated heterocycles. The lowest BCUT2D eigenvalue weighted by Crippen LogP contribution is -2.41. The predicted octanol–water partition coefficient (Wildman–Crippen LogP) is 5.17. The van der Waals surface area contributed by atoms with E-state index in [1.165, 1.54) is 0 Å². The summed E-state index contributed by atoms with van der Waals surface area (Å²) in [4.78, 5) is 22.0. The van der Waals surface area contributed by atoms with Gasteiger partial charge in [0.05, 0.1) is 28.9 Å². The summed E-state index contributed by atoms with van der Waals surface area (Å²) in [7, 11) is 0. The van der Waals surface area contributed by atoms with E-state index in [1.54, 1.807) is 12.3 Å². The van der Waals surface area contributed by atoms with Gasteiger partial charge < -0.3 is 23.8 Å². The van der Waals surface area contributed by atoms with E-state index in [9.17, 15) is 4.79 Å². The highest BCUT2D eigenvalue weighted by Gasteiger charge is 2.26. The molecule has 186 valence electrons. The van der Waals surface area contributed by atoms with E-state index in [0.29, 0.717) is 43.2 Å². The Morgan fingerprint density at radius 1 is 1.14 bits per heavy atom. The number of aromatic nitrogens is 2. The maximum absolute atomic E-state index is 13.6. The highest BCUT2D eigenvalue weighted by molar-refractivity contribution is 9.10. The zero-order chi connectivity index (χ0) is 24.5. The Morgan fingerprint density at radius 2 is 1.89 bits per heavy atom. The van der Waals surface area contributed by atoms with Crippen molar-refractivity contribution in [3.05, 3.63) is 51.8 Å². The van der Waals surface area contributed by atoms with Gasteiger partial charge in [0, 0.05) is 43.8 Å². The Morgan fingerprint density at radius 3 is 2.57 bits per heavy atom. The van der Waals surface area contributed by atoms with E-state index in [0.717, 1.165) is 52.7 Å². The number of hydrogen-bond donors (Lipinski definition) is 0. The minimum Gasteiger partial charge on any atom is -0.489 e. The minimum absolute atomic E-state index is 0.0305. The van der Waals surface area contributed by atoms with Gasteiger partial charge in [0.15, 0.2) is 0 Å². The van der Waals surface area contributed by atoms with Crippen molar-refractivity contribution in [3.8, 4) is 11.4 Å². The van der Waals surface area contributed by atoms with E-state index >= 15 is 0 Å². The quantitative estimate of drug-likeness (QED) is 0.403. The number of halogens is 2. The van der Waals surface area contributed by atoms with Crippen LogP contribution in [0.2, 0.25) is 5.15 Å². The lowest BCUT2D eigenvalue weighted by Gasteiger charge is -2.34. The molecular weight excluding hydrogens is 532 g/mol. The Labute approximate surface area is 219 Å². The highest BCUT2D eigenvalue weighted by Crippen LogP contribution is 2.36. The lowest BCUT2D eigenvalue weighted by molar-refractivity contribution is 0.0298. The van der Waals surface area contributed by atoms with Crippen LogP contribution in [0.15, 0.2) is 41.0 Å². The Bertz CT molecular complexity index is 1220. The van der Waals surface area contributed by atoms with Crippen molar-refractivity contribution in [2.75, 3.05) is 39.4 Å². The first-order valence-corrected chi connectivity index (χ1v) is 13.3. The highest BCUT2D eigenvalue weighted by atomic mass is 79.9. The van der Waals surface area contributed by atoms with Gasteiger partial charge in [-0.1, -0.05) is 11.6 Å². The second-order valence-electron chi connectivity index (χ2n) is 9.39. The number of ether oxygens (including phenoxy) is 2. The zero-order valence-electron chi connectivity index (χ0n) is 20.0. The lowest BCUT2D eigenvalue weighted by atomic mass is 10.1. The first-order valence-electron chi connectivity index (χ1n) is 12.2. The summed E-state index contributed by atoms with van der Waals surface area (Å²) in [5.74, 6) is 0.771. The van der Waals surface area contributed by atoms with Gasteiger partial charge in [0.2, 0.25) is 0 Å². The third-order valence-corrected chi connectivity index (χ3v) is 7.67. The van der Waals surface area contributed by atoms with E-state index in [-0.39, 0.29) is 12.0 Å². The Kier molecular flexibility index (Phi) is 7.34. The van der Waals surface area contributed by atoms with E-state index in [2.05, 4.69) is 39.7 Å². The van der Waals surface area contributed by atoms with Gasteiger partial charge in [-0.3, -0.25) is 4.79 Å². The predicted molar refractivity (Wildman–Crippen MR) is 141 cm³/mol. The molecule has 4 heterocycles. The molecular formula is C26H30BrClN4O3. The molecule has 0 saturated carbocycles. The van der Waals surface area contributed by atoms with Crippen LogP contribution in [0.5, 0.6) is 5.75 Å². The van der Waals surface area contributed by atoms with Crippen LogP contribution in [0, 0.1) is 0 Å². The largest absolute Gasteiger partial charge is 0.489 e. The van der Waals surface area contributed by atoms with Gasteiger partial charge in [-0.2, -0.15) is 0 Å². The van der Waals surface area contributed by atoms with Crippen molar-refractivity contribution in [2.45, 2.75) is 38.8 Å². The molecule has 0 unspecified atom stereocenters. The number of carbonyl (C=O) groups is 1. The number of carbonyl (C=O) groups excluding carboxylic acids is 1. The number of nitrogens with zero attached hydrogens (tertiary/aromatic N) is 4. The van der Waals surface area contributed by atoms with Crippen LogP contribution < -0.4 is 4.74 Å². The summed E-state index contributed by atoms with van der Waals surface area (Å²) in [5.41, 5.74) is 2.27. The van der Waals surface area contributed by atoms with Crippen molar-refractivity contribution < 1.29 is 14.3 Å². The van der Waals surface area contributed by atoms with E-state index in [4.69, 9.17) is 21.1 Å². The van der Waals surface area contributed by atoms with Crippen LogP contribution in [-0.4, -0.2) is 76.8 Å². The fourth-order valence-corrected chi connectivity index (χ4v) is 5.48. The number of fused-ring (bicyclic) bond motifs is 1. The second kappa shape index (κ2) is 10.5. The van der Waals surface area contributed by atoms with Crippen molar-refractivity contribution >= 4 is 44.3 Å². The second-order valence-corrected chi connectivity index (χ2v) is 10.6. The average molecular weight is 562 g/mol. The molecule has 0 spiro atoms. The summed E-state index contributed by atoms with van der Waals surface area (Å²) in [5, 5.41) is 1.31. The number of morpholine rings is 1. The fourth-order valence-electron chi connectivity index (χ4n) is 4.88. The summed E-state index contributed by atoms with van der Waals surface area (Å²) < 4.78 is 14.7. The maximum Gasteiger partial charge on any atom is 0.271 e. The summed E-state index contributed by atoms with van der Waals surface area (Å²) in [6, 6.07) is 10.2. The fraction of sp³-hybridized carbons (Fsp3) is 0.462. The SMILES string of the molecule is CC(C)N1CCC(Oc2cc3cc(C(=O)N4CCOCC4)n(-c4ccnc(Cl)c4)c3cc2Br)CC1. The van der Waals surface area contributed by atoms with Crippen LogP contribution >= 0.6 is 27.5 Å². The van der Waals surface area contributed by atoms with E-state index in [1.807, 2.05) is 33.7 Å². The maximum atomic E-state index is 13.6. The van der Waals surface area contributed by atoms with Crippen molar-refractivity contribution in [1.29, 1.82) is 0 Å². The average Bonchev–Trinajstić information content (AvgIpc) is 3.22. The normalized spacial score (nSPS) is 17.9. The number of piperidine rings is 1. The third kappa shape index (κ3) is 5.21. The molecule has 35 heavy (non-hydrogen) atoms. The molecule has 2 fully saturated rings. The first-order chi connectivity index (χ1) is 16.9. The standard InChI is InChI=1S/C26H30BrClN4O3/c1-17(2)30-7-4-20(5-8-30)35-24-14-18-13-23(26(33)31-9-11-34-12-10-31)32(22(18)16-21(24)27)19-3-6-29-25(28)15-19/h3,6,13-17,20H,4-5,7-12H2,1-2H3. The van der Waals surface area contributed by atoms with Crippen LogP contribution in [0.4, 0.5) is 0 Å². The molecule has 0 N–H and O–H groups in total. The molecule has 9 heteroatoms. The third-order valence-electron chi connectivity index (χ3n) is 6.84.